The van der Waals surface area contributed by atoms with Crippen LogP contribution in [0.2, 0.25) is 0 Å². The van der Waals surface area contributed by atoms with Crippen molar-refractivity contribution in [3.05, 3.63) is 52.6 Å². The first kappa shape index (κ1) is 29.5. The first-order chi connectivity index (χ1) is 18.8. The SMILES string of the molecule is CCOP(=O)(OCC)c1ccc([C@H]2C[C@@]3(C)[C@@H](CC[C@@]3(O)C#CC(C)(C)C)[C@@H]3CCC4=CC(=O)CCC4=C32)cc1. The van der Waals surface area contributed by atoms with Crippen molar-refractivity contribution >= 4 is 18.7 Å². The molecule has 2 fully saturated rings. The maximum absolute atomic E-state index is 13.4. The molecule has 5 atom stereocenters. The lowest BCUT2D eigenvalue weighted by molar-refractivity contribution is -0.114. The van der Waals surface area contributed by atoms with E-state index in [2.05, 4.69) is 51.7 Å². The highest BCUT2D eigenvalue weighted by Gasteiger charge is 2.62. The fourth-order valence-corrected chi connectivity index (χ4v) is 9.44. The lowest BCUT2D eigenvalue weighted by Crippen LogP contribution is -2.51. The zero-order valence-electron chi connectivity index (χ0n) is 25.0. The highest BCUT2D eigenvalue weighted by molar-refractivity contribution is 7.62. The number of benzene rings is 1. The van der Waals surface area contributed by atoms with Crippen molar-refractivity contribution in [3.8, 4) is 11.8 Å². The molecule has 0 radical (unpaired) electrons. The van der Waals surface area contributed by atoms with Gasteiger partial charge in [0.05, 0.1) is 18.5 Å². The van der Waals surface area contributed by atoms with Crippen LogP contribution in [0, 0.1) is 34.5 Å². The van der Waals surface area contributed by atoms with Crippen molar-refractivity contribution in [2.45, 2.75) is 98.0 Å². The van der Waals surface area contributed by atoms with Gasteiger partial charge in [-0.2, -0.15) is 0 Å². The number of hydrogen-bond donors (Lipinski definition) is 1. The number of carbonyl (C=O) groups excluding carboxylic acids is 1. The molecule has 4 aliphatic carbocycles. The minimum absolute atomic E-state index is 0.0897. The molecule has 0 heterocycles. The molecule has 6 heteroatoms. The third-order valence-electron chi connectivity index (χ3n) is 9.74. The van der Waals surface area contributed by atoms with Crippen molar-refractivity contribution < 1.29 is 23.5 Å². The van der Waals surface area contributed by atoms with E-state index in [0.717, 1.165) is 37.7 Å². The molecule has 40 heavy (non-hydrogen) atoms. The van der Waals surface area contributed by atoms with Crippen LogP contribution in [-0.4, -0.2) is 29.7 Å². The van der Waals surface area contributed by atoms with Gasteiger partial charge in [-0.1, -0.05) is 36.5 Å². The predicted octanol–water partition coefficient (Wildman–Crippen LogP) is 7.26. The number of carbonyl (C=O) groups is 1. The Morgan fingerprint density at radius 3 is 2.35 bits per heavy atom. The summed E-state index contributed by atoms with van der Waals surface area (Å²) in [7, 11) is -3.38. The summed E-state index contributed by atoms with van der Waals surface area (Å²) >= 11 is 0. The van der Waals surface area contributed by atoms with Crippen LogP contribution in [0.1, 0.15) is 98.0 Å². The Balaban J connectivity index is 1.62. The van der Waals surface area contributed by atoms with Crippen LogP contribution in [-0.2, 0) is 18.4 Å². The molecule has 0 bridgehead atoms. The molecule has 0 saturated heterocycles. The smallest absolute Gasteiger partial charge is 0.361 e. The van der Waals surface area contributed by atoms with Gasteiger partial charge in [0.1, 0.15) is 5.60 Å². The summed E-state index contributed by atoms with van der Waals surface area (Å²) in [5.41, 5.74) is 3.61. The largest absolute Gasteiger partial charge is 0.377 e. The third kappa shape index (κ3) is 5.11. The number of fused-ring (bicyclic) bond motifs is 4. The maximum atomic E-state index is 13.4. The van der Waals surface area contributed by atoms with Crippen LogP contribution in [0.5, 0.6) is 0 Å². The van der Waals surface area contributed by atoms with Crippen molar-refractivity contribution in [1.82, 2.24) is 0 Å². The molecule has 1 N–H and O–H groups in total. The predicted molar refractivity (Wildman–Crippen MR) is 159 cm³/mol. The molecule has 0 amide bonds. The number of ketones is 1. The summed E-state index contributed by atoms with van der Waals surface area (Å²) in [6.45, 7) is 12.8. The number of rotatable bonds is 6. The van der Waals surface area contributed by atoms with Gasteiger partial charge in [-0.15, -0.1) is 0 Å². The van der Waals surface area contributed by atoms with E-state index in [1.807, 2.05) is 32.1 Å². The van der Waals surface area contributed by atoms with Crippen molar-refractivity contribution in [3.63, 3.8) is 0 Å². The van der Waals surface area contributed by atoms with Crippen LogP contribution in [0.25, 0.3) is 0 Å². The van der Waals surface area contributed by atoms with Crippen molar-refractivity contribution in [2.24, 2.45) is 22.7 Å². The summed E-state index contributed by atoms with van der Waals surface area (Å²) in [4.78, 5) is 12.3. The molecule has 0 aliphatic heterocycles. The summed E-state index contributed by atoms with van der Waals surface area (Å²) in [5.74, 6) is 7.78. The molecule has 2 saturated carbocycles. The lowest BCUT2D eigenvalue weighted by atomic mass is 9.51. The zero-order chi connectivity index (χ0) is 28.9. The second-order valence-electron chi connectivity index (χ2n) is 13.3. The van der Waals surface area contributed by atoms with Crippen molar-refractivity contribution in [2.75, 3.05) is 13.2 Å². The molecule has 5 nitrogen and oxygen atoms in total. The fourth-order valence-electron chi connectivity index (χ4n) is 7.88. The van der Waals surface area contributed by atoms with Crippen LogP contribution >= 0.6 is 7.60 Å². The Bertz CT molecular complexity index is 1330. The minimum atomic E-state index is -3.38. The minimum Gasteiger partial charge on any atom is -0.377 e. The van der Waals surface area contributed by atoms with E-state index >= 15 is 0 Å². The first-order valence-corrected chi connectivity index (χ1v) is 16.6. The summed E-state index contributed by atoms with van der Waals surface area (Å²) < 4.78 is 24.6. The Morgan fingerprint density at radius 2 is 1.73 bits per heavy atom. The summed E-state index contributed by atoms with van der Waals surface area (Å²) in [6, 6.07) is 7.92. The standard InChI is InChI=1S/C34H45O5P/c1-7-38-40(37,39-8-2)26-13-9-23(10-14-26)29-22-33(6)30(17-18-34(33,36)20-19-32(3,4)5)28-15-11-24-21-25(35)12-16-27(24)31(28)29/h9-10,13-14,21,28-30,36H,7-8,11-12,15-18,22H2,1-6H3/t28-,29+,30-,33-,34+/m0/s1. The topological polar surface area (TPSA) is 72.8 Å². The highest BCUT2D eigenvalue weighted by atomic mass is 31.2. The average molecular weight is 565 g/mol. The second kappa shape index (κ2) is 10.7. The van der Waals surface area contributed by atoms with E-state index in [1.54, 1.807) is 0 Å². The molecule has 5 rings (SSSR count). The molecule has 0 spiro atoms. The summed E-state index contributed by atoms with van der Waals surface area (Å²) in [6.07, 6.45) is 7.61. The third-order valence-corrected chi connectivity index (χ3v) is 11.9. The highest BCUT2D eigenvalue weighted by Crippen LogP contribution is 2.66. The normalized spacial score (nSPS) is 32.0. The molecular weight excluding hydrogens is 519 g/mol. The van der Waals surface area contributed by atoms with Gasteiger partial charge < -0.3 is 14.2 Å². The molecular formula is C34H45O5P. The van der Waals surface area contributed by atoms with E-state index in [1.165, 1.54) is 16.7 Å². The Labute approximate surface area is 240 Å². The molecule has 4 aliphatic rings. The molecule has 1 aromatic carbocycles. The van der Waals surface area contributed by atoms with E-state index in [9.17, 15) is 14.5 Å². The van der Waals surface area contributed by atoms with Gasteiger partial charge in [0.15, 0.2) is 5.78 Å². The van der Waals surface area contributed by atoms with Gasteiger partial charge in [-0.3, -0.25) is 9.36 Å². The van der Waals surface area contributed by atoms with E-state index in [-0.39, 0.29) is 22.5 Å². The van der Waals surface area contributed by atoms with Gasteiger partial charge in [0, 0.05) is 23.2 Å². The van der Waals surface area contributed by atoms with Crippen LogP contribution < -0.4 is 5.30 Å². The maximum Gasteiger partial charge on any atom is 0.361 e. The number of aliphatic hydroxyl groups is 1. The summed E-state index contributed by atoms with van der Waals surface area (Å²) in [5, 5.41) is 12.7. The second-order valence-corrected chi connectivity index (χ2v) is 15.3. The molecule has 0 unspecified atom stereocenters. The average Bonchev–Trinajstić information content (AvgIpc) is 3.17. The number of allylic oxidation sites excluding steroid dienone is 4. The Morgan fingerprint density at radius 1 is 1.05 bits per heavy atom. The first-order valence-electron chi connectivity index (χ1n) is 15.1. The molecule has 0 aromatic heterocycles. The van der Waals surface area contributed by atoms with Gasteiger partial charge in [0.2, 0.25) is 0 Å². The lowest BCUT2D eigenvalue weighted by Gasteiger charge is -2.53. The van der Waals surface area contributed by atoms with E-state index < -0.39 is 13.2 Å². The van der Waals surface area contributed by atoms with Gasteiger partial charge >= 0.3 is 7.60 Å². The van der Waals surface area contributed by atoms with Gasteiger partial charge in [-0.25, -0.2) is 0 Å². The van der Waals surface area contributed by atoms with Crippen molar-refractivity contribution in [1.29, 1.82) is 0 Å². The molecule has 1 aromatic rings. The van der Waals surface area contributed by atoms with E-state index in [4.69, 9.17) is 9.05 Å². The Hall–Kier alpha value is -1.96. The molecule has 216 valence electrons. The quantitative estimate of drug-likeness (QED) is 0.291. The monoisotopic (exact) mass is 564 g/mol. The number of hydrogen-bond acceptors (Lipinski definition) is 5. The Kier molecular flexibility index (Phi) is 7.90. The van der Waals surface area contributed by atoms with Crippen LogP contribution in [0.4, 0.5) is 0 Å². The van der Waals surface area contributed by atoms with E-state index in [0.29, 0.717) is 43.2 Å². The van der Waals surface area contributed by atoms with Crippen LogP contribution in [0.15, 0.2) is 47.1 Å². The van der Waals surface area contributed by atoms with Crippen LogP contribution in [0.3, 0.4) is 0 Å². The van der Waals surface area contributed by atoms with Gasteiger partial charge in [0.25, 0.3) is 0 Å². The van der Waals surface area contributed by atoms with Gasteiger partial charge in [-0.05, 0) is 120 Å². The fraction of sp³-hybridized carbons (Fsp3) is 0.618. The zero-order valence-corrected chi connectivity index (χ0v) is 25.9.